The highest BCUT2D eigenvalue weighted by Crippen LogP contribution is 2.23. The highest BCUT2D eigenvalue weighted by Gasteiger charge is 2.10. The van der Waals surface area contributed by atoms with Crippen molar-refractivity contribution in [3.63, 3.8) is 0 Å². The number of furan rings is 1. The van der Waals surface area contributed by atoms with Crippen LogP contribution in [0.5, 0.6) is 0 Å². The molecule has 0 spiro atoms. The fourth-order valence-corrected chi connectivity index (χ4v) is 1.42. The molecule has 62 valence electrons. The zero-order valence-electron chi connectivity index (χ0n) is 6.10. The van der Waals surface area contributed by atoms with Gasteiger partial charge in [-0.2, -0.15) is 0 Å². The second-order valence-electron chi connectivity index (χ2n) is 2.18. The molecule has 4 nitrogen and oxygen atoms in total. The number of aromatic nitrogens is 2. The van der Waals surface area contributed by atoms with E-state index in [4.69, 9.17) is 9.52 Å². The van der Waals surface area contributed by atoms with Crippen LogP contribution in [0.1, 0.15) is 4.88 Å². The third-order valence-corrected chi connectivity index (χ3v) is 2.16. The zero-order valence-corrected chi connectivity index (χ0v) is 6.91. The number of rotatable bonds is 2. The van der Waals surface area contributed by atoms with Crippen LogP contribution in [0.3, 0.4) is 0 Å². The minimum atomic E-state index is -0.0479. The molecule has 2 heterocycles. The van der Waals surface area contributed by atoms with Gasteiger partial charge in [-0.25, -0.2) is 0 Å². The first-order valence-corrected chi connectivity index (χ1v) is 4.15. The molecule has 0 atom stereocenters. The fraction of sp³-hybridized carbons (Fsp3) is 0.143. The van der Waals surface area contributed by atoms with Gasteiger partial charge in [0.05, 0.1) is 17.7 Å². The molecule has 12 heavy (non-hydrogen) atoms. The fourth-order valence-electron chi connectivity index (χ4n) is 0.913. The van der Waals surface area contributed by atoms with Gasteiger partial charge >= 0.3 is 0 Å². The van der Waals surface area contributed by atoms with Crippen molar-refractivity contribution in [3.05, 3.63) is 23.3 Å². The molecule has 0 aliphatic rings. The maximum absolute atomic E-state index is 8.89. The first-order chi connectivity index (χ1) is 5.92. The third-order valence-electron chi connectivity index (χ3n) is 1.45. The Morgan fingerprint density at radius 1 is 1.58 bits per heavy atom. The predicted octanol–water partition coefficient (Wildman–Crippen LogP) is 1.29. The SMILES string of the molecule is OCc1snnc1-c1ccco1. The van der Waals surface area contributed by atoms with Crippen molar-refractivity contribution in [1.29, 1.82) is 0 Å². The van der Waals surface area contributed by atoms with Crippen LogP contribution < -0.4 is 0 Å². The molecule has 0 saturated carbocycles. The molecule has 0 aliphatic carbocycles. The van der Waals surface area contributed by atoms with E-state index < -0.39 is 0 Å². The lowest BCUT2D eigenvalue weighted by Gasteiger charge is -1.90. The van der Waals surface area contributed by atoms with Crippen molar-refractivity contribution in [3.8, 4) is 11.5 Å². The molecule has 0 unspecified atom stereocenters. The lowest BCUT2D eigenvalue weighted by molar-refractivity contribution is 0.285. The quantitative estimate of drug-likeness (QED) is 0.760. The molecule has 1 N–H and O–H groups in total. The van der Waals surface area contributed by atoms with Gasteiger partial charge in [0.25, 0.3) is 0 Å². The normalized spacial score (nSPS) is 10.4. The topological polar surface area (TPSA) is 59.2 Å². The first kappa shape index (κ1) is 7.45. The van der Waals surface area contributed by atoms with Gasteiger partial charge in [-0.3, -0.25) is 0 Å². The van der Waals surface area contributed by atoms with Crippen LogP contribution in [0, 0.1) is 0 Å². The molecule has 0 aromatic carbocycles. The Kier molecular flexibility index (Phi) is 1.89. The van der Waals surface area contributed by atoms with Crippen LogP contribution >= 0.6 is 11.5 Å². The van der Waals surface area contributed by atoms with Crippen molar-refractivity contribution in [2.24, 2.45) is 0 Å². The van der Waals surface area contributed by atoms with E-state index in [1.54, 1.807) is 18.4 Å². The highest BCUT2D eigenvalue weighted by atomic mass is 32.1. The van der Waals surface area contributed by atoms with Gasteiger partial charge in [-0.1, -0.05) is 4.49 Å². The van der Waals surface area contributed by atoms with Crippen LogP contribution in [-0.4, -0.2) is 14.7 Å². The molecule has 0 bridgehead atoms. The molecule has 2 aromatic heterocycles. The van der Waals surface area contributed by atoms with E-state index in [1.165, 1.54) is 11.5 Å². The Hall–Kier alpha value is -1.20. The van der Waals surface area contributed by atoms with Gasteiger partial charge in [0.2, 0.25) is 0 Å². The standard InChI is InChI=1S/C7H6N2O2S/c10-4-6-7(8-9-12-6)5-2-1-3-11-5/h1-3,10H,4H2. The van der Waals surface area contributed by atoms with Crippen LogP contribution in [0.4, 0.5) is 0 Å². The van der Waals surface area contributed by atoms with Crippen LogP contribution in [0.25, 0.3) is 11.5 Å². The number of nitrogens with zero attached hydrogens (tertiary/aromatic N) is 2. The second kappa shape index (κ2) is 3.04. The molecule has 0 fully saturated rings. The minimum Gasteiger partial charge on any atom is -0.463 e. The zero-order chi connectivity index (χ0) is 8.39. The molecular weight excluding hydrogens is 176 g/mol. The molecular formula is C7H6N2O2S. The average molecular weight is 182 g/mol. The highest BCUT2D eigenvalue weighted by molar-refractivity contribution is 7.05. The Balaban J connectivity index is 2.46. The number of aliphatic hydroxyl groups is 1. The van der Waals surface area contributed by atoms with E-state index >= 15 is 0 Å². The lowest BCUT2D eigenvalue weighted by Crippen LogP contribution is -1.82. The number of aliphatic hydroxyl groups excluding tert-OH is 1. The molecule has 2 aromatic rings. The summed E-state index contributed by atoms with van der Waals surface area (Å²) < 4.78 is 8.83. The van der Waals surface area contributed by atoms with Crippen LogP contribution in [0.15, 0.2) is 22.8 Å². The van der Waals surface area contributed by atoms with Gasteiger partial charge in [-0.15, -0.1) is 5.10 Å². The van der Waals surface area contributed by atoms with Crippen molar-refractivity contribution in [2.75, 3.05) is 0 Å². The summed E-state index contributed by atoms with van der Waals surface area (Å²) in [6.45, 7) is -0.0479. The van der Waals surface area contributed by atoms with E-state index in [9.17, 15) is 0 Å². The van der Waals surface area contributed by atoms with Crippen molar-refractivity contribution >= 4 is 11.5 Å². The van der Waals surface area contributed by atoms with E-state index in [0.29, 0.717) is 11.5 Å². The van der Waals surface area contributed by atoms with Gasteiger partial charge in [0.1, 0.15) is 5.69 Å². The average Bonchev–Trinajstić information content (AvgIpc) is 2.74. The van der Waals surface area contributed by atoms with Crippen molar-refractivity contribution < 1.29 is 9.52 Å². The van der Waals surface area contributed by atoms with E-state index in [0.717, 1.165) is 4.88 Å². The Morgan fingerprint density at radius 2 is 2.50 bits per heavy atom. The number of hydrogen-bond acceptors (Lipinski definition) is 5. The molecule has 2 rings (SSSR count). The summed E-state index contributed by atoms with van der Waals surface area (Å²) >= 11 is 1.18. The summed E-state index contributed by atoms with van der Waals surface area (Å²) in [4.78, 5) is 0.727. The van der Waals surface area contributed by atoms with Crippen molar-refractivity contribution in [1.82, 2.24) is 9.59 Å². The third kappa shape index (κ3) is 1.13. The maximum Gasteiger partial charge on any atom is 0.155 e. The van der Waals surface area contributed by atoms with Crippen molar-refractivity contribution in [2.45, 2.75) is 6.61 Å². The lowest BCUT2D eigenvalue weighted by atomic mass is 10.3. The largest absolute Gasteiger partial charge is 0.463 e. The van der Waals surface area contributed by atoms with E-state index in [-0.39, 0.29) is 6.61 Å². The van der Waals surface area contributed by atoms with Gasteiger partial charge in [-0.05, 0) is 23.7 Å². The molecule has 0 aliphatic heterocycles. The van der Waals surface area contributed by atoms with Gasteiger partial charge in [0, 0.05) is 0 Å². The first-order valence-electron chi connectivity index (χ1n) is 3.38. The summed E-state index contributed by atoms with van der Waals surface area (Å²) in [6.07, 6.45) is 1.57. The smallest absolute Gasteiger partial charge is 0.155 e. The molecule has 5 heteroatoms. The number of hydrogen-bond donors (Lipinski definition) is 1. The molecule has 0 saturated heterocycles. The Labute approximate surface area is 72.6 Å². The Morgan fingerprint density at radius 3 is 3.17 bits per heavy atom. The van der Waals surface area contributed by atoms with Gasteiger partial charge < -0.3 is 9.52 Å². The minimum absolute atomic E-state index is 0.0479. The van der Waals surface area contributed by atoms with Crippen LogP contribution in [0.2, 0.25) is 0 Å². The summed E-state index contributed by atoms with van der Waals surface area (Å²) in [5.41, 5.74) is 0.632. The summed E-state index contributed by atoms with van der Waals surface area (Å²) in [5.74, 6) is 0.646. The van der Waals surface area contributed by atoms with Crippen LogP contribution in [-0.2, 0) is 6.61 Å². The molecule has 0 amide bonds. The summed E-state index contributed by atoms with van der Waals surface area (Å²) in [5, 5.41) is 12.7. The second-order valence-corrected chi connectivity index (χ2v) is 3.02. The van der Waals surface area contributed by atoms with E-state index in [2.05, 4.69) is 9.59 Å². The molecule has 0 radical (unpaired) electrons. The Bertz CT molecular complexity index is 355. The summed E-state index contributed by atoms with van der Waals surface area (Å²) in [7, 11) is 0. The van der Waals surface area contributed by atoms with Gasteiger partial charge in [0.15, 0.2) is 5.76 Å². The van der Waals surface area contributed by atoms with E-state index in [1.807, 2.05) is 0 Å². The monoisotopic (exact) mass is 182 g/mol. The maximum atomic E-state index is 8.89. The predicted molar refractivity (Wildman–Crippen MR) is 43.5 cm³/mol. The summed E-state index contributed by atoms with van der Waals surface area (Å²) in [6, 6.07) is 3.56.